The minimum atomic E-state index is -0.997. The van der Waals surface area contributed by atoms with E-state index in [1.54, 1.807) is 18.2 Å². The molecule has 13 heteroatoms. The number of rotatable bonds is 16. The third-order valence-corrected chi connectivity index (χ3v) is 6.13. The van der Waals surface area contributed by atoms with Crippen molar-refractivity contribution < 1.29 is 42.9 Å². The van der Waals surface area contributed by atoms with Crippen LogP contribution >= 0.6 is 0 Å². The molecule has 1 aromatic carbocycles. The number of nitrogens with one attached hydrogen (secondary N) is 3. The quantitative estimate of drug-likeness (QED) is 0.196. The number of amides is 5. The van der Waals surface area contributed by atoms with Gasteiger partial charge in [0, 0.05) is 38.4 Å². The monoisotopic (exact) mass is 576 g/mol. The van der Waals surface area contributed by atoms with Crippen molar-refractivity contribution in [3.05, 3.63) is 29.3 Å². The zero-order valence-corrected chi connectivity index (χ0v) is 23.9. The van der Waals surface area contributed by atoms with Gasteiger partial charge in [0.1, 0.15) is 11.6 Å². The van der Waals surface area contributed by atoms with Gasteiger partial charge in [0.15, 0.2) is 0 Å². The lowest BCUT2D eigenvalue weighted by molar-refractivity contribution is -0.136. The first kappa shape index (κ1) is 32.0. The molecular formula is C28H40N4O9. The van der Waals surface area contributed by atoms with Gasteiger partial charge in [-0.3, -0.25) is 29.4 Å². The highest BCUT2D eigenvalue weighted by molar-refractivity contribution is 6.25. The number of benzene rings is 1. The SMILES string of the molecule is CC(C)(C)OC(=O)NCCCOCCOCCOCCCNc1cccc2c1C(=O)N(C1CCC(=O)NC1=O)C2=O. The lowest BCUT2D eigenvalue weighted by Gasteiger charge is -2.27. The molecule has 0 aliphatic carbocycles. The summed E-state index contributed by atoms with van der Waals surface area (Å²) in [5.41, 5.74) is 0.466. The van der Waals surface area contributed by atoms with Gasteiger partial charge in [-0.1, -0.05) is 6.07 Å². The number of carbonyl (C=O) groups excluding carboxylic acids is 5. The molecule has 0 radical (unpaired) electrons. The summed E-state index contributed by atoms with van der Waals surface area (Å²) in [7, 11) is 0. The van der Waals surface area contributed by atoms with E-state index >= 15 is 0 Å². The molecule has 3 N–H and O–H groups in total. The molecule has 0 aromatic heterocycles. The van der Waals surface area contributed by atoms with Gasteiger partial charge in [-0.05, 0) is 52.2 Å². The normalized spacial score (nSPS) is 17.0. The summed E-state index contributed by atoms with van der Waals surface area (Å²) in [4.78, 5) is 62.2. The summed E-state index contributed by atoms with van der Waals surface area (Å²) >= 11 is 0. The molecule has 41 heavy (non-hydrogen) atoms. The van der Waals surface area contributed by atoms with Gasteiger partial charge in [-0.15, -0.1) is 0 Å². The van der Waals surface area contributed by atoms with Crippen LogP contribution in [0, 0.1) is 0 Å². The summed E-state index contributed by atoms with van der Waals surface area (Å²) < 4.78 is 21.7. The van der Waals surface area contributed by atoms with Crippen LogP contribution in [0.5, 0.6) is 0 Å². The molecule has 0 saturated carbocycles. The zero-order chi connectivity index (χ0) is 29.8. The lowest BCUT2D eigenvalue weighted by atomic mass is 10.0. The third-order valence-electron chi connectivity index (χ3n) is 6.13. The van der Waals surface area contributed by atoms with Gasteiger partial charge in [-0.2, -0.15) is 0 Å². The number of carbonyl (C=O) groups is 5. The summed E-state index contributed by atoms with van der Waals surface area (Å²) in [5, 5.41) is 8.05. The van der Waals surface area contributed by atoms with Crippen LogP contribution in [0.2, 0.25) is 0 Å². The summed E-state index contributed by atoms with van der Waals surface area (Å²) in [6.07, 6.45) is 1.07. The van der Waals surface area contributed by atoms with Crippen LogP contribution in [-0.2, 0) is 28.5 Å². The maximum Gasteiger partial charge on any atom is 0.407 e. The molecule has 5 amide bonds. The average Bonchev–Trinajstić information content (AvgIpc) is 3.15. The van der Waals surface area contributed by atoms with E-state index in [4.69, 9.17) is 18.9 Å². The minimum absolute atomic E-state index is 0.0738. The van der Waals surface area contributed by atoms with Gasteiger partial charge >= 0.3 is 6.09 Å². The van der Waals surface area contributed by atoms with Gasteiger partial charge in [0.25, 0.3) is 11.8 Å². The maximum atomic E-state index is 13.1. The number of ether oxygens (including phenoxy) is 4. The standard InChI is InChI=1S/C28H40N4O9/c1-28(2,3)41-27(37)30-12-6-14-39-16-18-40-17-15-38-13-5-11-29-20-8-4-7-19-23(20)26(36)32(25(19)35)21-9-10-22(33)31-24(21)34/h4,7-8,21,29H,5-6,9-18H2,1-3H3,(H,30,37)(H,31,33,34). The van der Waals surface area contributed by atoms with Crippen molar-refractivity contribution in [1.82, 2.24) is 15.5 Å². The van der Waals surface area contributed by atoms with Crippen LogP contribution in [0.4, 0.5) is 10.5 Å². The molecule has 2 heterocycles. The Balaban J connectivity index is 1.23. The first-order chi connectivity index (χ1) is 19.6. The zero-order valence-electron chi connectivity index (χ0n) is 23.9. The number of piperidine rings is 1. The van der Waals surface area contributed by atoms with E-state index in [9.17, 15) is 24.0 Å². The molecule has 226 valence electrons. The van der Waals surface area contributed by atoms with Crippen LogP contribution in [0.25, 0.3) is 0 Å². The maximum absolute atomic E-state index is 13.1. The minimum Gasteiger partial charge on any atom is -0.444 e. The number of hydrogen-bond donors (Lipinski definition) is 3. The molecule has 1 saturated heterocycles. The van der Waals surface area contributed by atoms with E-state index in [1.807, 2.05) is 20.8 Å². The molecule has 2 aliphatic rings. The molecule has 1 unspecified atom stereocenters. The van der Waals surface area contributed by atoms with E-state index in [0.717, 1.165) is 4.90 Å². The van der Waals surface area contributed by atoms with Gasteiger partial charge < -0.3 is 29.6 Å². The second kappa shape index (κ2) is 15.5. The Morgan fingerprint density at radius 1 is 0.927 bits per heavy atom. The van der Waals surface area contributed by atoms with Crippen molar-refractivity contribution in [3.8, 4) is 0 Å². The Labute approximate surface area is 239 Å². The number of nitrogens with zero attached hydrogens (tertiary/aromatic N) is 1. The molecule has 1 aromatic rings. The smallest absolute Gasteiger partial charge is 0.407 e. The van der Waals surface area contributed by atoms with Gasteiger partial charge in [0.05, 0.1) is 37.6 Å². The Bertz CT molecular complexity index is 1100. The van der Waals surface area contributed by atoms with Crippen LogP contribution in [0.15, 0.2) is 18.2 Å². The van der Waals surface area contributed by atoms with Crippen molar-refractivity contribution in [3.63, 3.8) is 0 Å². The van der Waals surface area contributed by atoms with E-state index in [2.05, 4.69) is 16.0 Å². The van der Waals surface area contributed by atoms with Crippen LogP contribution < -0.4 is 16.0 Å². The van der Waals surface area contributed by atoms with Crippen molar-refractivity contribution in [2.45, 2.75) is 58.1 Å². The second-order valence-corrected chi connectivity index (χ2v) is 10.6. The predicted octanol–water partition coefficient (Wildman–Crippen LogP) is 1.85. The largest absolute Gasteiger partial charge is 0.444 e. The summed E-state index contributed by atoms with van der Waals surface area (Å²) in [5.74, 6) is -2.13. The third kappa shape index (κ3) is 9.80. The van der Waals surface area contributed by atoms with E-state index < -0.39 is 41.4 Å². The molecular weight excluding hydrogens is 536 g/mol. The molecule has 0 bridgehead atoms. The molecule has 13 nitrogen and oxygen atoms in total. The Morgan fingerprint density at radius 3 is 2.20 bits per heavy atom. The average molecular weight is 577 g/mol. The molecule has 2 aliphatic heterocycles. The number of imide groups is 2. The highest BCUT2D eigenvalue weighted by Gasteiger charge is 2.45. The fourth-order valence-corrected chi connectivity index (χ4v) is 4.28. The van der Waals surface area contributed by atoms with Crippen molar-refractivity contribution in [1.29, 1.82) is 0 Å². The molecule has 1 fully saturated rings. The van der Waals surface area contributed by atoms with E-state index in [-0.39, 0.29) is 24.0 Å². The number of hydrogen-bond acceptors (Lipinski definition) is 10. The van der Waals surface area contributed by atoms with Crippen LogP contribution in [0.1, 0.15) is 67.2 Å². The van der Waals surface area contributed by atoms with Gasteiger partial charge in [-0.25, -0.2) is 4.79 Å². The van der Waals surface area contributed by atoms with Crippen LogP contribution in [-0.4, -0.2) is 99.0 Å². The number of anilines is 1. The Hall–Kier alpha value is -3.55. The first-order valence-corrected chi connectivity index (χ1v) is 13.9. The molecule has 3 rings (SSSR count). The summed E-state index contributed by atoms with van der Waals surface area (Å²) in [6, 6.07) is 3.96. The Morgan fingerprint density at radius 2 is 1.56 bits per heavy atom. The van der Waals surface area contributed by atoms with Crippen molar-refractivity contribution >= 4 is 35.4 Å². The summed E-state index contributed by atoms with van der Waals surface area (Å²) in [6.45, 7) is 9.12. The number of fused-ring (bicyclic) bond motifs is 1. The first-order valence-electron chi connectivity index (χ1n) is 13.9. The second-order valence-electron chi connectivity index (χ2n) is 10.6. The molecule has 1 atom stereocenters. The number of alkyl carbamates (subject to hydrolysis) is 1. The van der Waals surface area contributed by atoms with E-state index in [1.165, 1.54) is 0 Å². The van der Waals surface area contributed by atoms with Crippen molar-refractivity contribution in [2.75, 3.05) is 58.0 Å². The topological polar surface area (TPSA) is 162 Å². The van der Waals surface area contributed by atoms with Crippen molar-refractivity contribution in [2.24, 2.45) is 0 Å². The van der Waals surface area contributed by atoms with Crippen LogP contribution in [0.3, 0.4) is 0 Å². The lowest BCUT2D eigenvalue weighted by Crippen LogP contribution is -2.54. The Kier molecular flexibility index (Phi) is 12.0. The van der Waals surface area contributed by atoms with E-state index in [0.29, 0.717) is 71.3 Å². The van der Waals surface area contributed by atoms with Gasteiger partial charge in [0.2, 0.25) is 11.8 Å². The highest BCUT2D eigenvalue weighted by Crippen LogP contribution is 2.32. The fourth-order valence-electron chi connectivity index (χ4n) is 4.28. The predicted molar refractivity (Wildman–Crippen MR) is 148 cm³/mol. The molecule has 0 spiro atoms. The highest BCUT2D eigenvalue weighted by atomic mass is 16.6. The fraction of sp³-hybridized carbons (Fsp3) is 0.607.